The Morgan fingerprint density at radius 3 is 3.08 bits per heavy atom. The summed E-state index contributed by atoms with van der Waals surface area (Å²) in [6.07, 6.45) is 6.73. The maximum atomic E-state index is 10.5. The number of nitrogens with zero attached hydrogens (tertiary/aromatic N) is 2. The van der Waals surface area contributed by atoms with Gasteiger partial charge in [0.25, 0.3) is 0 Å². The lowest BCUT2D eigenvalue weighted by Gasteiger charge is -2.09. The van der Waals surface area contributed by atoms with Crippen molar-refractivity contribution < 1.29 is 4.79 Å². The SMILES string of the molecule is CC1(Cn2cncc2C=O)CC1. The fourth-order valence-electron chi connectivity index (χ4n) is 1.34. The van der Waals surface area contributed by atoms with Crippen LogP contribution in [0, 0.1) is 5.41 Å². The summed E-state index contributed by atoms with van der Waals surface area (Å²) in [6.45, 7) is 3.17. The molecule has 0 spiro atoms. The van der Waals surface area contributed by atoms with Gasteiger partial charge in [-0.1, -0.05) is 6.92 Å². The van der Waals surface area contributed by atoms with Gasteiger partial charge in [0.1, 0.15) is 5.69 Å². The van der Waals surface area contributed by atoms with Gasteiger partial charge in [0.15, 0.2) is 6.29 Å². The minimum Gasteiger partial charge on any atom is -0.328 e. The minimum atomic E-state index is 0.429. The predicted octanol–water partition coefficient (Wildman–Crippen LogP) is 1.50. The third-order valence-electron chi connectivity index (χ3n) is 2.52. The first-order valence-corrected chi connectivity index (χ1v) is 4.19. The smallest absolute Gasteiger partial charge is 0.168 e. The molecule has 3 heteroatoms. The zero-order valence-corrected chi connectivity index (χ0v) is 7.16. The molecule has 3 nitrogen and oxygen atoms in total. The third kappa shape index (κ3) is 1.26. The Kier molecular flexibility index (Phi) is 1.53. The van der Waals surface area contributed by atoms with Crippen molar-refractivity contribution in [1.29, 1.82) is 0 Å². The molecule has 0 unspecified atom stereocenters. The van der Waals surface area contributed by atoms with E-state index in [1.807, 2.05) is 4.57 Å². The lowest BCUT2D eigenvalue weighted by atomic mass is 10.1. The van der Waals surface area contributed by atoms with Crippen molar-refractivity contribution in [3.63, 3.8) is 0 Å². The van der Waals surface area contributed by atoms with Crippen LogP contribution in [0.2, 0.25) is 0 Å². The number of rotatable bonds is 3. The van der Waals surface area contributed by atoms with Gasteiger partial charge in [0.2, 0.25) is 0 Å². The van der Waals surface area contributed by atoms with Crippen LogP contribution in [-0.2, 0) is 6.54 Å². The highest BCUT2D eigenvalue weighted by Gasteiger charge is 2.37. The topological polar surface area (TPSA) is 34.9 Å². The van der Waals surface area contributed by atoms with Gasteiger partial charge in [-0.3, -0.25) is 4.79 Å². The Morgan fingerprint density at radius 1 is 1.75 bits per heavy atom. The molecule has 1 saturated carbocycles. The van der Waals surface area contributed by atoms with Gasteiger partial charge in [-0.15, -0.1) is 0 Å². The van der Waals surface area contributed by atoms with Crippen molar-refractivity contribution >= 4 is 6.29 Å². The molecule has 0 atom stereocenters. The van der Waals surface area contributed by atoms with Crippen LogP contribution in [0.3, 0.4) is 0 Å². The Hall–Kier alpha value is -1.12. The molecule has 0 aromatic carbocycles. The zero-order valence-electron chi connectivity index (χ0n) is 7.16. The van der Waals surface area contributed by atoms with E-state index >= 15 is 0 Å². The van der Waals surface area contributed by atoms with Crippen LogP contribution in [0.1, 0.15) is 30.3 Å². The molecule has 1 aromatic rings. The normalized spacial score (nSPS) is 19.1. The van der Waals surface area contributed by atoms with Gasteiger partial charge in [-0.05, 0) is 18.3 Å². The summed E-state index contributed by atoms with van der Waals surface area (Å²) in [6, 6.07) is 0. The van der Waals surface area contributed by atoms with E-state index in [-0.39, 0.29) is 0 Å². The van der Waals surface area contributed by atoms with Crippen LogP contribution in [-0.4, -0.2) is 15.8 Å². The lowest BCUT2D eigenvalue weighted by Crippen LogP contribution is -2.09. The van der Waals surface area contributed by atoms with Crippen LogP contribution in [0.4, 0.5) is 0 Å². The average Bonchev–Trinajstić information content (AvgIpc) is 2.64. The number of carbonyl (C=O) groups is 1. The van der Waals surface area contributed by atoms with Crippen molar-refractivity contribution in [1.82, 2.24) is 9.55 Å². The molecule has 1 heterocycles. The Labute approximate surface area is 71.4 Å². The number of hydrogen-bond acceptors (Lipinski definition) is 2. The minimum absolute atomic E-state index is 0.429. The highest BCUT2D eigenvalue weighted by molar-refractivity contribution is 5.71. The molecule has 1 aliphatic carbocycles. The number of aromatic nitrogens is 2. The van der Waals surface area contributed by atoms with E-state index in [9.17, 15) is 4.79 Å². The summed E-state index contributed by atoms with van der Waals surface area (Å²) >= 11 is 0. The van der Waals surface area contributed by atoms with Crippen molar-refractivity contribution in [3.05, 3.63) is 18.2 Å². The van der Waals surface area contributed by atoms with Crippen LogP contribution < -0.4 is 0 Å². The zero-order chi connectivity index (χ0) is 8.60. The van der Waals surface area contributed by atoms with E-state index in [4.69, 9.17) is 0 Å². The van der Waals surface area contributed by atoms with Gasteiger partial charge < -0.3 is 4.57 Å². The van der Waals surface area contributed by atoms with Crippen molar-refractivity contribution in [2.45, 2.75) is 26.3 Å². The molecule has 1 aliphatic rings. The summed E-state index contributed by atoms with van der Waals surface area (Å²) in [5.74, 6) is 0. The maximum Gasteiger partial charge on any atom is 0.168 e. The van der Waals surface area contributed by atoms with Gasteiger partial charge in [-0.2, -0.15) is 0 Å². The van der Waals surface area contributed by atoms with Crippen LogP contribution >= 0.6 is 0 Å². The fraction of sp³-hybridized carbons (Fsp3) is 0.556. The monoisotopic (exact) mass is 164 g/mol. The highest BCUT2D eigenvalue weighted by Crippen LogP contribution is 2.46. The molecule has 0 bridgehead atoms. The van der Waals surface area contributed by atoms with Gasteiger partial charge >= 0.3 is 0 Å². The molecule has 0 saturated heterocycles. The summed E-state index contributed by atoms with van der Waals surface area (Å²) < 4.78 is 1.93. The van der Waals surface area contributed by atoms with Crippen LogP contribution in [0.15, 0.2) is 12.5 Å². The van der Waals surface area contributed by atoms with Crippen LogP contribution in [0.5, 0.6) is 0 Å². The molecule has 12 heavy (non-hydrogen) atoms. The first kappa shape index (κ1) is 7.53. The molecule has 0 radical (unpaired) electrons. The van der Waals surface area contributed by atoms with Crippen molar-refractivity contribution in [2.24, 2.45) is 5.41 Å². The number of hydrogen-bond donors (Lipinski definition) is 0. The van der Waals surface area contributed by atoms with Crippen LogP contribution in [0.25, 0.3) is 0 Å². The second kappa shape index (κ2) is 2.44. The molecule has 1 aromatic heterocycles. The first-order chi connectivity index (χ1) is 5.73. The molecular weight excluding hydrogens is 152 g/mol. The van der Waals surface area contributed by atoms with E-state index in [2.05, 4.69) is 11.9 Å². The average molecular weight is 164 g/mol. The molecule has 0 N–H and O–H groups in total. The fourth-order valence-corrected chi connectivity index (χ4v) is 1.34. The van der Waals surface area contributed by atoms with Gasteiger partial charge in [0.05, 0.1) is 12.5 Å². The standard InChI is InChI=1S/C9H12N2O/c1-9(2-3-9)6-11-7-10-4-8(11)5-12/h4-5,7H,2-3,6H2,1H3. The maximum absolute atomic E-state index is 10.5. The second-order valence-electron chi connectivity index (χ2n) is 3.87. The predicted molar refractivity (Wildman–Crippen MR) is 45.0 cm³/mol. The first-order valence-electron chi connectivity index (χ1n) is 4.19. The third-order valence-corrected chi connectivity index (χ3v) is 2.52. The van der Waals surface area contributed by atoms with E-state index < -0.39 is 0 Å². The number of imidazole rings is 1. The van der Waals surface area contributed by atoms with E-state index in [1.165, 1.54) is 12.8 Å². The second-order valence-corrected chi connectivity index (χ2v) is 3.87. The largest absolute Gasteiger partial charge is 0.328 e. The Bertz CT molecular complexity index is 299. The lowest BCUT2D eigenvalue weighted by molar-refractivity contribution is 0.111. The Morgan fingerprint density at radius 2 is 2.50 bits per heavy atom. The summed E-state index contributed by atoms with van der Waals surface area (Å²) in [5.41, 5.74) is 1.11. The number of carbonyl (C=O) groups excluding carboxylic acids is 1. The van der Waals surface area contributed by atoms with E-state index in [0.717, 1.165) is 12.8 Å². The summed E-state index contributed by atoms with van der Waals surface area (Å²) in [5, 5.41) is 0. The number of aldehydes is 1. The molecule has 0 aliphatic heterocycles. The highest BCUT2D eigenvalue weighted by atomic mass is 16.1. The molecule has 64 valence electrons. The molecule has 2 rings (SSSR count). The quantitative estimate of drug-likeness (QED) is 0.634. The Balaban J connectivity index is 2.16. The molecular formula is C9H12N2O. The summed E-state index contributed by atoms with van der Waals surface area (Å²) in [7, 11) is 0. The molecule has 0 amide bonds. The van der Waals surface area contributed by atoms with E-state index in [0.29, 0.717) is 11.1 Å². The molecule has 1 fully saturated rings. The van der Waals surface area contributed by atoms with Crippen molar-refractivity contribution in [2.75, 3.05) is 0 Å². The van der Waals surface area contributed by atoms with E-state index in [1.54, 1.807) is 12.5 Å². The van der Waals surface area contributed by atoms with Gasteiger partial charge in [-0.25, -0.2) is 4.98 Å². The van der Waals surface area contributed by atoms with Crippen molar-refractivity contribution in [3.8, 4) is 0 Å². The summed E-state index contributed by atoms with van der Waals surface area (Å²) in [4.78, 5) is 14.5. The van der Waals surface area contributed by atoms with Gasteiger partial charge in [0, 0.05) is 6.54 Å².